The Morgan fingerprint density at radius 3 is 2.40 bits per heavy atom. The molecule has 1 aliphatic heterocycles. The molecule has 0 unspecified atom stereocenters. The first-order valence-electron chi connectivity index (χ1n) is 9.49. The molecule has 2 N–H and O–H groups in total. The highest BCUT2D eigenvalue weighted by atomic mass is 16.5. The number of hydrogen-bond acceptors (Lipinski definition) is 5. The zero-order valence-corrected chi connectivity index (χ0v) is 16.7. The second kappa shape index (κ2) is 9.13. The molecular formula is C22H22N2O6. The Morgan fingerprint density at radius 1 is 1.07 bits per heavy atom. The number of carboxylic acid groups (broad SMARTS) is 1. The minimum atomic E-state index is -0.982. The second-order valence-electron chi connectivity index (χ2n) is 6.47. The van der Waals surface area contributed by atoms with Gasteiger partial charge in [-0.25, -0.2) is 9.59 Å². The third kappa shape index (κ3) is 4.60. The van der Waals surface area contributed by atoms with Crippen LogP contribution in [0.2, 0.25) is 0 Å². The Balaban J connectivity index is 1.76. The fourth-order valence-corrected chi connectivity index (χ4v) is 2.93. The van der Waals surface area contributed by atoms with Crippen LogP contribution in [0, 0.1) is 0 Å². The summed E-state index contributed by atoms with van der Waals surface area (Å²) in [5, 5.41) is 11.5. The number of aromatic carboxylic acids is 1. The summed E-state index contributed by atoms with van der Waals surface area (Å²) in [6.07, 6.45) is 1.59. The molecule has 3 amide bonds. The summed E-state index contributed by atoms with van der Waals surface area (Å²) in [6, 6.07) is 11.2. The summed E-state index contributed by atoms with van der Waals surface area (Å²) >= 11 is 0. The molecule has 0 saturated carbocycles. The predicted octanol–water partition coefficient (Wildman–Crippen LogP) is 3.28. The van der Waals surface area contributed by atoms with E-state index < -0.39 is 12.0 Å². The van der Waals surface area contributed by atoms with E-state index in [1.165, 1.54) is 12.1 Å². The zero-order valence-electron chi connectivity index (χ0n) is 16.7. The highest BCUT2D eigenvalue weighted by molar-refractivity contribution is 6.13. The van der Waals surface area contributed by atoms with Gasteiger partial charge in [0.2, 0.25) is 0 Å². The topological polar surface area (TPSA) is 105 Å². The first kappa shape index (κ1) is 20.9. The Bertz CT molecular complexity index is 997. The van der Waals surface area contributed by atoms with Crippen LogP contribution >= 0.6 is 0 Å². The van der Waals surface area contributed by atoms with Gasteiger partial charge < -0.3 is 19.9 Å². The molecule has 1 heterocycles. The molecule has 1 fully saturated rings. The van der Waals surface area contributed by atoms with Crippen molar-refractivity contribution in [1.29, 1.82) is 0 Å². The number of rotatable bonds is 8. The van der Waals surface area contributed by atoms with Gasteiger partial charge >= 0.3 is 12.0 Å². The van der Waals surface area contributed by atoms with Crippen LogP contribution in [0.5, 0.6) is 11.5 Å². The Hall–Kier alpha value is -3.81. The SMILES string of the molecule is CCOc1cc(/C=C2/NC(=O)N(CC)C2=O)ccc1OCc1ccc(C(=O)O)cc1. The summed E-state index contributed by atoms with van der Waals surface area (Å²) in [4.78, 5) is 36.1. The van der Waals surface area contributed by atoms with Crippen LogP contribution in [0.15, 0.2) is 48.2 Å². The maximum absolute atomic E-state index is 12.2. The fourth-order valence-electron chi connectivity index (χ4n) is 2.93. The van der Waals surface area contributed by atoms with Crippen LogP contribution in [0.25, 0.3) is 6.08 Å². The van der Waals surface area contributed by atoms with Gasteiger partial charge in [-0.1, -0.05) is 18.2 Å². The number of amides is 3. The number of carboxylic acids is 1. The standard InChI is InChI=1S/C22H22N2O6/c1-3-24-20(25)17(23-22(24)28)11-15-7-10-18(19(12-15)29-4-2)30-13-14-5-8-16(9-6-14)21(26)27/h5-12H,3-4,13H2,1-2H3,(H,23,28)(H,26,27)/b17-11+. The molecule has 0 aliphatic carbocycles. The van der Waals surface area contributed by atoms with Gasteiger partial charge in [0.1, 0.15) is 12.3 Å². The molecule has 0 radical (unpaired) electrons. The minimum Gasteiger partial charge on any atom is -0.490 e. The van der Waals surface area contributed by atoms with Crippen molar-refractivity contribution in [2.24, 2.45) is 0 Å². The average molecular weight is 410 g/mol. The lowest BCUT2D eigenvalue weighted by Crippen LogP contribution is -2.30. The normalized spacial score (nSPS) is 14.7. The molecule has 0 atom stereocenters. The number of carbonyl (C=O) groups is 3. The van der Waals surface area contributed by atoms with Gasteiger partial charge in [-0.15, -0.1) is 0 Å². The molecule has 2 aromatic carbocycles. The van der Waals surface area contributed by atoms with Gasteiger partial charge in [-0.05, 0) is 55.3 Å². The highest BCUT2D eigenvalue weighted by Crippen LogP contribution is 2.30. The van der Waals surface area contributed by atoms with Crippen molar-refractivity contribution in [1.82, 2.24) is 10.2 Å². The van der Waals surface area contributed by atoms with Crippen molar-refractivity contribution in [3.05, 3.63) is 64.9 Å². The number of imide groups is 1. The number of urea groups is 1. The van der Waals surface area contributed by atoms with Crippen molar-refractivity contribution < 1.29 is 29.0 Å². The van der Waals surface area contributed by atoms with E-state index in [4.69, 9.17) is 14.6 Å². The van der Waals surface area contributed by atoms with Crippen molar-refractivity contribution in [3.8, 4) is 11.5 Å². The van der Waals surface area contributed by atoms with Crippen LogP contribution in [0.3, 0.4) is 0 Å². The smallest absolute Gasteiger partial charge is 0.335 e. The van der Waals surface area contributed by atoms with Crippen LogP contribution in [0.1, 0.15) is 35.3 Å². The Kier molecular flexibility index (Phi) is 6.36. The number of benzene rings is 2. The molecule has 1 saturated heterocycles. The molecule has 0 bridgehead atoms. The van der Waals surface area contributed by atoms with Crippen LogP contribution in [-0.4, -0.2) is 41.1 Å². The lowest BCUT2D eigenvalue weighted by Gasteiger charge is -2.13. The molecule has 2 aromatic rings. The summed E-state index contributed by atoms with van der Waals surface area (Å²) in [6.45, 7) is 4.53. The van der Waals surface area contributed by atoms with Gasteiger partial charge in [-0.2, -0.15) is 0 Å². The number of ether oxygens (including phenoxy) is 2. The highest BCUT2D eigenvalue weighted by Gasteiger charge is 2.32. The molecule has 30 heavy (non-hydrogen) atoms. The van der Waals surface area contributed by atoms with E-state index in [2.05, 4.69) is 5.32 Å². The molecule has 8 heteroatoms. The van der Waals surface area contributed by atoms with E-state index in [-0.39, 0.29) is 23.8 Å². The monoisotopic (exact) mass is 410 g/mol. The Labute approximate surface area is 173 Å². The lowest BCUT2D eigenvalue weighted by molar-refractivity contribution is -0.122. The average Bonchev–Trinajstić information content (AvgIpc) is 3.00. The zero-order chi connectivity index (χ0) is 21.7. The summed E-state index contributed by atoms with van der Waals surface area (Å²) < 4.78 is 11.5. The molecule has 1 aliphatic rings. The third-order valence-corrected chi connectivity index (χ3v) is 4.45. The van der Waals surface area contributed by atoms with Crippen molar-refractivity contribution in [2.75, 3.05) is 13.2 Å². The summed E-state index contributed by atoms with van der Waals surface area (Å²) in [5.41, 5.74) is 1.91. The van der Waals surface area contributed by atoms with E-state index in [9.17, 15) is 14.4 Å². The number of hydrogen-bond donors (Lipinski definition) is 2. The molecule has 0 spiro atoms. The second-order valence-corrected chi connectivity index (χ2v) is 6.47. The van der Waals surface area contributed by atoms with Crippen LogP contribution in [0.4, 0.5) is 4.79 Å². The van der Waals surface area contributed by atoms with Gasteiger partial charge in [0.05, 0.1) is 12.2 Å². The minimum absolute atomic E-state index is 0.205. The number of nitrogens with one attached hydrogen (secondary N) is 1. The maximum atomic E-state index is 12.2. The van der Waals surface area contributed by atoms with E-state index in [0.717, 1.165) is 10.5 Å². The van der Waals surface area contributed by atoms with Gasteiger partial charge in [-0.3, -0.25) is 9.69 Å². The molecule has 156 valence electrons. The van der Waals surface area contributed by atoms with E-state index >= 15 is 0 Å². The van der Waals surface area contributed by atoms with E-state index in [1.807, 2.05) is 6.92 Å². The molecule has 0 aromatic heterocycles. The third-order valence-electron chi connectivity index (χ3n) is 4.45. The quantitative estimate of drug-likeness (QED) is 0.511. The Morgan fingerprint density at radius 2 is 1.80 bits per heavy atom. The first-order chi connectivity index (χ1) is 14.4. The van der Waals surface area contributed by atoms with Crippen molar-refractivity contribution >= 4 is 24.0 Å². The van der Waals surface area contributed by atoms with Gasteiger partial charge in [0.25, 0.3) is 5.91 Å². The number of carbonyl (C=O) groups excluding carboxylic acids is 2. The van der Waals surface area contributed by atoms with Crippen LogP contribution < -0.4 is 14.8 Å². The number of nitrogens with zero attached hydrogens (tertiary/aromatic N) is 1. The van der Waals surface area contributed by atoms with Crippen molar-refractivity contribution in [2.45, 2.75) is 20.5 Å². The van der Waals surface area contributed by atoms with E-state index in [0.29, 0.717) is 30.2 Å². The van der Waals surface area contributed by atoms with Crippen LogP contribution in [-0.2, 0) is 11.4 Å². The predicted molar refractivity (Wildman–Crippen MR) is 109 cm³/mol. The lowest BCUT2D eigenvalue weighted by atomic mass is 10.1. The number of likely N-dealkylation sites (N-methyl/N-ethyl adjacent to an activating group) is 1. The molecule has 3 rings (SSSR count). The largest absolute Gasteiger partial charge is 0.490 e. The van der Waals surface area contributed by atoms with Crippen molar-refractivity contribution in [3.63, 3.8) is 0 Å². The molecule has 8 nitrogen and oxygen atoms in total. The fraction of sp³-hybridized carbons (Fsp3) is 0.227. The van der Waals surface area contributed by atoms with Gasteiger partial charge in [0, 0.05) is 6.54 Å². The van der Waals surface area contributed by atoms with Gasteiger partial charge in [0.15, 0.2) is 11.5 Å². The first-order valence-corrected chi connectivity index (χ1v) is 9.49. The van der Waals surface area contributed by atoms with E-state index in [1.54, 1.807) is 43.3 Å². The molecular weight excluding hydrogens is 388 g/mol. The summed E-state index contributed by atoms with van der Waals surface area (Å²) in [7, 11) is 0. The summed E-state index contributed by atoms with van der Waals surface area (Å²) in [5.74, 6) is -0.341. The maximum Gasteiger partial charge on any atom is 0.335 e.